The van der Waals surface area contributed by atoms with Gasteiger partial charge in [-0.15, -0.1) is 0 Å². The maximum Gasteiger partial charge on any atom is 0.323 e. The summed E-state index contributed by atoms with van der Waals surface area (Å²) in [5.74, 6) is 0. The van der Waals surface area contributed by atoms with Crippen LogP contribution in [0.2, 0.25) is 0 Å². The third-order valence-corrected chi connectivity index (χ3v) is 3.68. The fourth-order valence-electron chi connectivity index (χ4n) is 2.43. The van der Waals surface area contributed by atoms with Crippen LogP contribution in [-0.2, 0) is 6.54 Å². The molecule has 0 aliphatic heterocycles. The van der Waals surface area contributed by atoms with Gasteiger partial charge in [0.05, 0.1) is 17.1 Å². The van der Waals surface area contributed by atoms with Crippen molar-refractivity contribution in [1.29, 1.82) is 0 Å². The molecule has 6 heteroatoms. The van der Waals surface area contributed by atoms with E-state index in [-0.39, 0.29) is 17.8 Å². The van der Waals surface area contributed by atoms with Crippen molar-refractivity contribution in [2.45, 2.75) is 19.5 Å². The average Bonchev–Trinajstić information content (AvgIpc) is 2.93. The fourth-order valence-corrected chi connectivity index (χ4v) is 2.43. The summed E-state index contributed by atoms with van der Waals surface area (Å²) >= 11 is 0. The molecule has 0 spiro atoms. The predicted octanol–water partition coefficient (Wildman–Crippen LogP) is 2.42. The maximum absolute atomic E-state index is 12.0. The van der Waals surface area contributed by atoms with Gasteiger partial charge in [0.2, 0.25) is 0 Å². The molecule has 1 unspecified atom stereocenters. The van der Waals surface area contributed by atoms with Gasteiger partial charge < -0.3 is 20.6 Å². The third-order valence-electron chi connectivity index (χ3n) is 3.68. The Kier molecular flexibility index (Phi) is 4.14. The number of aromatic nitrogens is 2. The van der Waals surface area contributed by atoms with E-state index in [2.05, 4.69) is 20.6 Å². The molecular weight excluding hydrogens is 292 g/mol. The molecule has 1 atom stereocenters. The molecule has 1 aromatic heterocycles. The molecule has 0 saturated carbocycles. The summed E-state index contributed by atoms with van der Waals surface area (Å²) in [5.41, 5.74) is 3.20. The van der Waals surface area contributed by atoms with Crippen molar-refractivity contribution in [3.63, 3.8) is 0 Å². The first-order valence-corrected chi connectivity index (χ1v) is 7.42. The van der Waals surface area contributed by atoms with Gasteiger partial charge in [0.15, 0.2) is 0 Å². The standard InChI is InChI=1S/C17H18N4O2/c1-11(13-7-8-14-15(9-13)21-17(23)20-14)19-16(22)18-10-12-5-3-2-4-6-12/h2-9,11H,10H2,1H3,(H2,18,19,22)(H2,20,21,23). The van der Waals surface area contributed by atoms with Gasteiger partial charge in [-0.3, -0.25) is 0 Å². The molecule has 2 amide bonds. The van der Waals surface area contributed by atoms with E-state index in [0.717, 1.165) is 22.2 Å². The number of aromatic amines is 2. The second-order valence-electron chi connectivity index (χ2n) is 5.42. The van der Waals surface area contributed by atoms with E-state index in [1.54, 1.807) is 0 Å². The molecule has 0 saturated heterocycles. The predicted molar refractivity (Wildman–Crippen MR) is 89.1 cm³/mol. The lowest BCUT2D eigenvalue weighted by molar-refractivity contribution is 0.237. The molecule has 3 aromatic rings. The van der Waals surface area contributed by atoms with Crippen LogP contribution in [0, 0.1) is 0 Å². The highest BCUT2D eigenvalue weighted by Gasteiger charge is 2.10. The highest BCUT2D eigenvalue weighted by molar-refractivity contribution is 5.77. The molecule has 6 nitrogen and oxygen atoms in total. The van der Waals surface area contributed by atoms with Crippen LogP contribution >= 0.6 is 0 Å². The number of urea groups is 1. The molecule has 0 radical (unpaired) electrons. The van der Waals surface area contributed by atoms with E-state index in [0.29, 0.717) is 6.54 Å². The number of carbonyl (C=O) groups excluding carboxylic acids is 1. The minimum Gasteiger partial charge on any atom is -0.334 e. The lowest BCUT2D eigenvalue weighted by Crippen LogP contribution is -2.36. The van der Waals surface area contributed by atoms with Crippen LogP contribution in [-0.4, -0.2) is 16.0 Å². The first kappa shape index (κ1) is 14.9. The number of amides is 2. The van der Waals surface area contributed by atoms with Crippen molar-refractivity contribution in [2.75, 3.05) is 0 Å². The summed E-state index contributed by atoms with van der Waals surface area (Å²) in [6.45, 7) is 2.37. The van der Waals surface area contributed by atoms with E-state index in [4.69, 9.17) is 0 Å². The number of fused-ring (bicyclic) bond motifs is 1. The van der Waals surface area contributed by atoms with Crippen molar-refractivity contribution in [3.8, 4) is 0 Å². The van der Waals surface area contributed by atoms with Crippen LogP contribution < -0.4 is 16.3 Å². The van der Waals surface area contributed by atoms with Gasteiger partial charge in [-0.25, -0.2) is 9.59 Å². The lowest BCUT2D eigenvalue weighted by Gasteiger charge is -2.15. The highest BCUT2D eigenvalue weighted by atomic mass is 16.2. The maximum atomic E-state index is 12.0. The number of hydrogen-bond donors (Lipinski definition) is 4. The summed E-state index contributed by atoms with van der Waals surface area (Å²) in [6, 6.07) is 14.9. The summed E-state index contributed by atoms with van der Waals surface area (Å²) in [5, 5.41) is 5.71. The first-order valence-electron chi connectivity index (χ1n) is 7.42. The third kappa shape index (κ3) is 3.60. The zero-order valence-corrected chi connectivity index (χ0v) is 12.7. The van der Waals surface area contributed by atoms with Gasteiger partial charge in [0.25, 0.3) is 0 Å². The average molecular weight is 310 g/mol. The molecule has 0 bridgehead atoms. The fraction of sp³-hybridized carbons (Fsp3) is 0.176. The van der Waals surface area contributed by atoms with Crippen molar-refractivity contribution < 1.29 is 4.79 Å². The molecular formula is C17H18N4O2. The monoisotopic (exact) mass is 310 g/mol. The second kappa shape index (κ2) is 6.39. The molecule has 0 aliphatic carbocycles. The van der Waals surface area contributed by atoms with Crippen molar-refractivity contribution >= 4 is 17.1 Å². The molecule has 118 valence electrons. The van der Waals surface area contributed by atoms with Crippen molar-refractivity contribution in [2.24, 2.45) is 0 Å². The smallest absolute Gasteiger partial charge is 0.323 e. The molecule has 1 heterocycles. The van der Waals surface area contributed by atoms with Crippen LogP contribution in [0.1, 0.15) is 24.1 Å². The number of carbonyl (C=O) groups is 1. The van der Waals surface area contributed by atoms with Gasteiger partial charge >= 0.3 is 11.7 Å². The Morgan fingerprint density at radius 2 is 1.83 bits per heavy atom. The van der Waals surface area contributed by atoms with Crippen LogP contribution in [0.15, 0.2) is 53.3 Å². The number of nitrogens with one attached hydrogen (secondary N) is 4. The van der Waals surface area contributed by atoms with Gasteiger partial charge in [0.1, 0.15) is 0 Å². The number of hydrogen-bond acceptors (Lipinski definition) is 2. The van der Waals surface area contributed by atoms with Crippen molar-refractivity contribution in [1.82, 2.24) is 20.6 Å². The Balaban J connectivity index is 1.61. The number of rotatable bonds is 4. The lowest BCUT2D eigenvalue weighted by atomic mass is 10.1. The van der Waals surface area contributed by atoms with Gasteiger partial charge in [-0.2, -0.15) is 0 Å². The van der Waals surface area contributed by atoms with Crippen LogP contribution in [0.3, 0.4) is 0 Å². The first-order chi connectivity index (χ1) is 11.1. The summed E-state index contributed by atoms with van der Waals surface area (Å²) < 4.78 is 0. The minimum atomic E-state index is -0.238. The van der Waals surface area contributed by atoms with Crippen molar-refractivity contribution in [3.05, 3.63) is 70.1 Å². The summed E-state index contributed by atoms with van der Waals surface area (Å²) in [7, 11) is 0. The molecule has 3 rings (SSSR count). The van der Waals surface area contributed by atoms with E-state index in [1.165, 1.54) is 0 Å². The number of imidazole rings is 1. The topological polar surface area (TPSA) is 89.8 Å². The van der Waals surface area contributed by atoms with E-state index in [1.807, 2.05) is 55.5 Å². The molecule has 4 N–H and O–H groups in total. The zero-order chi connectivity index (χ0) is 16.2. The largest absolute Gasteiger partial charge is 0.334 e. The normalized spacial score (nSPS) is 12.0. The van der Waals surface area contributed by atoms with Gasteiger partial charge in [-0.05, 0) is 30.2 Å². The van der Waals surface area contributed by atoms with Gasteiger partial charge in [-0.1, -0.05) is 36.4 Å². The molecule has 2 aromatic carbocycles. The van der Waals surface area contributed by atoms with Crippen LogP contribution in [0.5, 0.6) is 0 Å². The summed E-state index contributed by atoms with van der Waals surface area (Å²) in [6.07, 6.45) is 0. The molecule has 0 aliphatic rings. The highest BCUT2D eigenvalue weighted by Crippen LogP contribution is 2.16. The van der Waals surface area contributed by atoms with E-state index < -0.39 is 0 Å². The number of H-pyrrole nitrogens is 2. The quantitative estimate of drug-likeness (QED) is 0.596. The van der Waals surface area contributed by atoms with Gasteiger partial charge in [0, 0.05) is 6.54 Å². The SMILES string of the molecule is CC(NC(=O)NCc1ccccc1)c1ccc2[nH]c(=O)[nH]c2c1. The second-order valence-corrected chi connectivity index (χ2v) is 5.42. The Morgan fingerprint density at radius 1 is 1.09 bits per heavy atom. The molecule has 23 heavy (non-hydrogen) atoms. The Bertz CT molecular complexity index is 867. The van der Waals surface area contributed by atoms with Crippen LogP contribution in [0.25, 0.3) is 11.0 Å². The minimum absolute atomic E-state index is 0.173. The van der Waals surface area contributed by atoms with E-state index in [9.17, 15) is 9.59 Å². The van der Waals surface area contributed by atoms with E-state index >= 15 is 0 Å². The van der Waals surface area contributed by atoms with Crippen LogP contribution in [0.4, 0.5) is 4.79 Å². The zero-order valence-electron chi connectivity index (χ0n) is 12.7. The molecule has 0 fully saturated rings. The Labute approximate surface area is 132 Å². The summed E-state index contributed by atoms with van der Waals surface area (Å²) in [4.78, 5) is 28.7. The Morgan fingerprint density at radius 3 is 2.61 bits per heavy atom. The Hall–Kier alpha value is -3.02. The number of benzene rings is 2.